The average Bonchev–Trinajstić information content (AvgIpc) is 3.86. The average molecular weight is 667 g/mol. The van der Waals surface area contributed by atoms with Gasteiger partial charge in [-0.25, -0.2) is 13.5 Å². The zero-order valence-electron chi connectivity index (χ0n) is 27.4. The lowest BCUT2D eigenvalue weighted by atomic mass is 9.91. The van der Waals surface area contributed by atoms with E-state index < -0.39 is 35.0 Å². The number of fused-ring (bicyclic) bond motifs is 10. The molecule has 1 aliphatic heterocycles. The van der Waals surface area contributed by atoms with Crippen molar-refractivity contribution in [2.75, 3.05) is 13.2 Å². The fourth-order valence-corrected chi connectivity index (χ4v) is 6.30. The second kappa shape index (κ2) is 12.9. The van der Waals surface area contributed by atoms with Crippen LogP contribution in [-0.2, 0) is 27.9 Å². The summed E-state index contributed by atoms with van der Waals surface area (Å²) in [6, 6.07) is 16.9. The number of carboxylic acids is 1. The monoisotopic (exact) mass is 666 g/mol. The van der Waals surface area contributed by atoms with E-state index in [1.165, 1.54) is 6.07 Å². The fraction of sp³-hybridized carbons (Fsp3) is 0.297. The standard InChI is InChI=1S/C37H36F2N6O4/c1-22(36(46)47)16-24-7-5-9-27(34(24)39)32-12-15-48-21-37(2,3)33-20-44(43-41-33)19-28-26-10-13-40-31(26)18-29(38)35(28)49-25-8-4-6-23(17-25)30-11-14-45(32)42-30/h4-11,13-14,17-18,20,22,32,40H,12,15-16,19,21H2,1-3H3,(H,46,47). The van der Waals surface area contributed by atoms with E-state index in [0.29, 0.717) is 52.4 Å². The van der Waals surface area contributed by atoms with Crippen molar-refractivity contribution in [1.29, 1.82) is 0 Å². The van der Waals surface area contributed by atoms with Gasteiger partial charge in [0.1, 0.15) is 11.6 Å². The van der Waals surface area contributed by atoms with Crippen LogP contribution in [-0.4, -0.2) is 54.0 Å². The molecule has 6 aromatic rings. The molecule has 3 aromatic heterocycles. The van der Waals surface area contributed by atoms with Gasteiger partial charge in [-0.3, -0.25) is 9.48 Å². The number of aliphatic carboxylic acids is 1. The Morgan fingerprint density at radius 3 is 2.82 bits per heavy atom. The highest BCUT2D eigenvalue weighted by Crippen LogP contribution is 2.37. The predicted octanol–water partition coefficient (Wildman–Crippen LogP) is 7.29. The second-order valence-corrected chi connectivity index (χ2v) is 13.2. The number of ether oxygens (including phenoxy) is 2. The summed E-state index contributed by atoms with van der Waals surface area (Å²) in [5, 5.41) is 23.9. The number of H-pyrrole nitrogens is 1. The Balaban J connectivity index is 1.31. The van der Waals surface area contributed by atoms with Crippen LogP contribution in [0.25, 0.3) is 22.2 Å². The van der Waals surface area contributed by atoms with Gasteiger partial charge < -0.3 is 19.6 Å². The molecule has 49 heavy (non-hydrogen) atoms. The molecule has 4 heterocycles. The van der Waals surface area contributed by atoms with Crippen LogP contribution in [0.3, 0.4) is 0 Å². The molecule has 1 aliphatic rings. The van der Waals surface area contributed by atoms with Crippen LogP contribution in [0.4, 0.5) is 8.78 Å². The quantitative estimate of drug-likeness (QED) is 0.203. The topological polar surface area (TPSA) is 120 Å². The van der Waals surface area contributed by atoms with Crippen molar-refractivity contribution in [1.82, 2.24) is 29.8 Å². The summed E-state index contributed by atoms with van der Waals surface area (Å²) in [5.74, 6) is -2.22. The van der Waals surface area contributed by atoms with E-state index in [4.69, 9.17) is 14.6 Å². The predicted molar refractivity (Wildman–Crippen MR) is 179 cm³/mol. The first-order valence-electron chi connectivity index (χ1n) is 16.2. The van der Waals surface area contributed by atoms with Crippen molar-refractivity contribution in [2.45, 2.75) is 51.6 Å². The van der Waals surface area contributed by atoms with Gasteiger partial charge in [-0.15, -0.1) is 5.10 Å². The molecule has 10 nitrogen and oxygen atoms in total. The number of carbonyl (C=O) groups is 1. The Morgan fingerprint density at radius 1 is 1.14 bits per heavy atom. The van der Waals surface area contributed by atoms with Gasteiger partial charge >= 0.3 is 5.97 Å². The van der Waals surface area contributed by atoms with Gasteiger partial charge in [0, 0.05) is 64.3 Å². The van der Waals surface area contributed by atoms with E-state index >= 15 is 8.78 Å². The lowest BCUT2D eigenvalue weighted by Crippen LogP contribution is -2.26. The van der Waals surface area contributed by atoms with Crippen LogP contribution < -0.4 is 4.74 Å². The molecule has 3 aromatic carbocycles. The summed E-state index contributed by atoms with van der Waals surface area (Å²) < 4.78 is 47.7. The fourth-order valence-electron chi connectivity index (χ4n) is 6.30. The van der Waals surface area contributed by atoms with Gasteiger partial charge in [-0.05, 0) is 42.7 Å². The number of carboxylic acid groups (broad SMARTS) is 1. The number of aromatic amines is 1. The molecule has 6 bridgehead atoms. The Hall–Kier alpha value is -5.36. The Kier molecular flexibility index (Phi) is 8.49. The number of rotatable bonds is 4. The van der Waals surface area contributed by atoms with Crippen molar-refractivity contribution < 1.29 is 28.2 Å². The van der Waals surface area contributed by atoms with Crippen molar-refractivity contribution in [3.8, 4) is 22.8 Å². The van der Waals surface area contributed by atoms with Gasteiger partial charge in [0.2, 0.25) is 0 Å². The normalized spacial score (nSPS) is 17.0. The van der Waals surface area contributed by atoms with Crippen LogP contribution in [0.2, 0.25) is 0 Å². The molecule has 0 saturated heterocycles. The largest absolute Gasteiger partial charge is 0.481 e. The summed E-state index contributed by atoms with van der Waals surface area (Å²) in [6.07, 6.45) is 5.83. The molecule has 7 rings (SSSR count). The van der Waals surface area contributed by atoms with E-state index in [1.807, 2.05) is 44.3 Å². The molecule has 0 radical (unpaired) electrons. The molecule has 0 spiro atoms. The van der Waals surface area contributed by atoms with Crippen molar-refractivity contribution in [3.63, 3.8) is 0 Å². The molecule has 2 unspecified atom stereocenters. The third-order valence-corrected chi connectivity index (χ3v) is 9.11. The van der Waals surface area contributed by atoms with E-state index in [-0.39, 0.29) is 25.3 Å². The zero-order valence-corrected chi connectivity index (χ0v) is 27.4. The third-order valence-electron chi connectivity index (χ3n) is 9.11. The summed E-state index contributed by atoms with van der Waals surface area (Å²) in [7, 11) is 0. The minimum Gasteiger partial charge on any atom is -0.481 e. The molecule has 0 amide bonds. The summed E-state index contributed by atoms with van der Waals surface area (Å²) >= 11 is 0. The van der Waals surface area contributed by atoms with Crippen molar-refractivity contribution in [3.05, 3.63) is 113 Å². The number of aromatic nitrogens is 6. The Labute approximate surface area is 281 Å². The lowest BCUT2D eigenvalue weighted by molar-refractivity contribution is -0.141. The highest BCUT2D eigenvalue weighted by atomic mass is 19.1. The smallest absolute Gasteiger partial charge is 0.306 e. The maximum Gasteiger partial charge on any atom is 0.306 e. The summed E-state index contributed by atoms with van der Waals surface area (Å²) in [4.78, 5) is 14.6. The minimum atomic E-state index is -0.986. The Bertz CT molecular complexity index is 2150. The van der Waals surface area contributed by atoms with Crippen LogP contribution >= 0.6 is 0 Å². The van der Waals surface area contributed by atoms with E-state index in [2.05, 4.69) is 15.3 Å². The van der Waals surface area contributed by atoms with Crippen LogP contribution in [0, 0.1) is 17.6 Å². The SMILES string of the molecule is CC(Cc1cccc(C2CCOCC(C)(C)c3cn(nn3)Cc3c(c(F)cc4[nH]ccc34)Oc3cccc(c3)-c3ccn2n3)c1F)C(=O)O. The van der Waals surface area contributed by atoms with Crippen LogP contribution in [0.1, 0.15) is 55.6 Å². The molecule has 0 fully saturated rings. The van der Waals surface area contributed by atoms with Gasteiger partial charge in [-0.2, -0.15) is 5.10 Å². The first-order chi connectivity index (χ1) is 23.6. The zero-order chi connectivity index (χ0) is 34.3. The maximum absolute atomic E-state index is 16.1. The highest BCUT2D eigenvalue weighted by Gasteiger charge is 2.28. The van der Waals surface area contributed by atoms with E-state index in [9.17, 15) is 9.90 Å². The van der Waals surface area contributed by atoms with E-state index in [1.54, 1.807) is 59.0 Å². The first-order valence-corrected chi connectivity index (χ1v) is 16.2. The molecular weight excluding hydrogens is 630 g/mol. The van der Waals surface area contributed by atoms with Crippen LogP contribution in [0.15, 0.2) is 79.3 Å². The van der Waals surface area contributed by atoms with Crippen molar-refractivity contribution in [2.24, 2.45) is 5.92 Å². The van der Waals surface area contributed by atoms with Gasteiger partial charge in [0.05, 0.1) is 36.5 Å². The number of halogens is 2. The lowest BCUT2D eigenvalue weighted by Gasteiger charge is -2.24. The molecule has 2 atom stereocenters. The maximum atomic E-state index is 16.1. The molecule has 12 heteroatoms. The summed E-state index contributed by atoms with van der Waals surface area (Å²) in [6.45, 7) is 6.38. The number of hydrogen-bond acceptors (Lipinski definition) is 6. The number of nitrogens with zero attached hydrogens (tertiary/aromatic N) is 5. The van der Waals surface area contributed by atoms with Gasteiger partial charge in [-0.1, -0.05) is 56.3 Å². The first kappa shape index (κ1) is 32.2. The number of nitrogens with one attached hydrogen (secondary N) is 1. The highest BCUT2D eigenvalue weighted by molar-refractivity contribution is 5.85. The number of hydrogen-bond donors (Lipinski definition) is 2. The molecule has 0 saturated carbocycles. The Morgan fingerprint density at radius 2 is 1.98 bits per heavy atom. The van der Waals surface area contributed by atoms with Crippen LogP contribution in [0.5, 0.6) is 11.5 Å². The van der Waals surface area contributed by atoms with Gasteiger partial charge in [0.25, 0.3) is 0 Å². The molecule has 2 N–H and O–H groups in total. The van der Waals surface area contributed by atoms with E-state index in [0.717, 1.165) is 10.9 Å². The van der Waals surface area contributed by atoms with Crippen molar-refractivity contribution >= 4 is 16.9 Å². The molecule has 0 aliphatic carbocycles. The minimum absolute atomic E-state index is 0.0591. The third kappa shape index (κ3) is 6.43. The molecular formula is C37H36F2N6O4. The number of benzene rings is 3. The summed E-state index contributed by atoms with van der Waals surface area (Å²) in [5.41, 5.74) is 3.47. The van der Waals surface area contributed by atoms with Gasteiger partial charge in [0.15, 0.2) is 11.6 Å². The molecule has 252 valence electrons. The second-order valence-electron chi connectivity index (χ2n) is 13.2.